The van der Waals surface area contributed by atoms with E-state index in [1.165, 1.54) is 11.1 Å². The summed E-state index contributed by atoms with van der Waals surface area (Å²) in [4.78, 5) is 15.3. The third kappa shape index (κ3) is 5.38. The van der Waals surface area contributed by atoms with Gasteiger partial charge in [0.25, 0.3) is 5.91 Å². The molecule has 2 aliphatic heterocycles. The summed E-state index contributed by atoms with van der Waals surface area (Å²) < 4.78 is 39.4. The van der Waals surface area contributed by atoms with Gasteiger partial charge >= 0.3 is 0 Å². The average molecular weight is 575 g/mol. The van der Waals surface area contributed by atoms with Crippen LogP contribution in [-0.2, 0) is 26.6 Å². The van der Waals surface area contributed by atoms with Crippen LogP contribution in [0.25, 0.3) is 0 Å². The first-order valence-electron chi connectivity index (χ1n) is 13.8. The van der Waals surface area contributed by atoms with Gasteiger partial charge in [0.05, 0.1) is 30.8 Å². The Balaban J connectivity index is 1.40. The third-order valence-corrected chi connectivity index (χ3v) is 10.5. The quantitative estimate of drug-likeness (QED) is 0.494. The molecule has 1 fully saturated rings. The van der Waals surface area contributed by atoms with E-state index in [2.05, 4.69) is 21.8 Å². The van der Waals surface area contributed by atoms with E-state index in [0.717, 1.165) is 42.8 Å². The van der Waals surface area contributed by atoms with Gasteiger partial charge in [0.1, 0.15) is 5.75 Å². The molecule has 0 saturated heterocycles. The van der Waals surface area contributed by atoms with Gasteiger partial charge in [0.2, 0.25) is 10.0 Å². The molecular weight excluding hydrogens is 540 g/mol. The molecule has 2 heterocycles. The first-order chi connectivity index (χ1) is 18.7. The van der Waals surface area contributed by atoms with Crippen molar-refractivity contribution >= 4 is 33.2 Å². The highest BCUT2D eigenvalue weighted by molar-refractivity contribution is 7.90. The minimum Gasteiger partial charge on any atom is -0.490 e. The van der Waals surface area contributed by atoms with Crippen LogP contribution in [0.4, 0.5) is 5.69 Å². The van der Waals surface area contributed by atoms with Crippen molar-refractivity contribution in [3.05, 3.63) is 58.1 Å². The molecule has 10 heteroatoms. The SMILES string of the molecule is O=C1NS(=O)(=O)CCCOC[C@H](O)[C@@H]2CC[C@H]2CN2C[C@@]3(CCCc4cc(Cl)ccc43)COc3ccc1cc32. The van der Waals surface area contributed by atoms with Crippen molar-refractivity contribution in [2.45, 2.75) is 50.0 Å². The van der Waals surface area contributed by atoms with Gasteiger partial charge in [-0.1, -0.05) is 17.7 Å². The minimum absolute atomic E-state index is 0.106. The fourth-order valence-electron chi connectivity index (χ4n) is 6.80. The molecular formula is C29H35ClN2O6S. The maximum Gasteiger partial charge on any atom is 0.264 e. The molecule has 0 aromatic heterocycles. The molecule has 4 atom stereocenters. The van der Waals surface area contributed by atoms with Crippen LogP contribution in [0, 0.1) is 11.8 Å². The van der Waals surface area contributed by atoms with E-state index in [1.54, 1.807) is 18.2 Å². The van der Waals surface area contributed by atoms with Gasteiger partial charge in [-0.25, -0.2) is 13.1 Å². The van der Waals surface area contributed by atoms with Gasteiger partial charge in [0.15, 0.2) is 0 Å². The first kappa shape index (κ1) is 26.9. The summed E-state index contributed by atoms with van der Waals surface area (Å²) in [6, 6.07) is 11.3. The zero-order chi connectivity index (χ0) is 27.2. The molecule has 4 aliphatic rings. The average Bonchev–Trinajstić information content (AvgIpc) is 3.02. The van der Waals surface area contributed by atoms with Crippen molar-refractivity contribution in [2.75, 3.05) is 43.6 Å². The first-order valence-corrected chi connectivity index (χ1v) is 15.9. The van der Waals surface area contributed by atoms with Gasteiger partial charge in [0, 0.05) is 35.7 Å². The second-order valence-electron chi connectivity index (χ2n) is 11.5. The fraction of sp³-hybridized carbons (Fsp3) is 0.552. The number of aryl methyl sites for hydroxylation is 1. The Hall–Kier alpha value is -2.33. The standard InChI is InChI=1S/C29H35ClN2O6S/c30-22-6-8-24-19(13-22)3-1-10-29(24)17-32-15-21-4-7-23(21)26(33)16-37-11-2-12-39(35,36)31-28(34)20-5-9-27(38-18-29)25(32)14-20/h5-6,8-9,13-14,21,23,26,33H,1-4,7,10-12,15-18H2,(H,31,34)/t21-,23+,26-,29-/m0/s1. The van der Waals surface area contributed by atoms with Gasteiger partial charge in [-0.05, 0) is 91.8 Å². The molecule has 1 saturated carbocycles. The molecule has 0 radical (unpaired) electrons. The fourth-order valence-corrected chi connectivity index (χ4v) is 7.99. The molecule has 6 rings (SSSR count). The summed E-state index contributed by atoms with van der Waals surface area (Å²) in [5.74, 6) is 0.167. The van der Waals surface area contributed by atoms with Crippen molar-refractivity contribution in [3.8, 4) is 5.75 Å². The summed E-state index contributed by atoms with van der Waals surface area (Å²) in [5.41, 5.74) is 3.29. The summed E-state index contributed by atoms with van der Waals surface area (Å²) in [5, 5.41) is 11.6. The lowest BCUT2D eigenvalue weighted by molar-refractivity contribution is -0.0417. The Morgan fingerprint density at radius 2 is 2.00 bits per heavy atom. The zero-order valence-corrected chi connectivity index (χ0v) is 23.5. The molecule has 2 aromatic carbocycles. The normalized spacial score (nSPS) is 30.7. The van der Waals surface area contributed by atoms with Gasteiger partial charge in [-0.15, -0.1) is 0 Å². The molecule has 0 unspecified atom stereocenters. The number of carbonyl (C=O) groups excluding carboxylic acids is 1. The monoisotopic (exact) mass is 574 g/mol. The molecule has 1 spiro atoms. The van der Waals surface area contributed by atoms with Crippen molar-refractivity contribution in [1.82, 2.24) is 4.72 Å². The van der Waals surface area contributed by atoms with E-state index < -0.39 is 22.0 Å². The molecule has 1 amide bonds. The molecule has 8 nitrogen and oxygen atoms in total. The number of fused-ring (bicyclic) bond motifs is 4. The van der Waals surface area contributed by atoms with E-state index >= 15 is 0 Å². The van der Waals surface area contributed by atoms with E-state index in [-0.39, 0.29) is 48.2 Å². The number of anilines is 1. The molecule has 2 aromatic rings. The van der Waals surface area contributed by atoms with Gasteiger partial charge in [-0.2, -0.15) is 0 Å². The van der Waals surface area contributed by atoms with Crippen molar-refractivity contribution < 1.29 is 27.8 Å². The second-order valence-corrected chi connectivity index (χ2v) is 13.8. The number of sulfonamides is 1. The van der Waals surface area contributed by atoms with Crippen LogP contribution >= 0.6 is 11.6 Å². The number of ether oxygens (including phenoxy) is 2. The number of aliphatic hydroxyl groups excluding tert-OH is 1. The number of aliphatic hydroxyl groups is 1. The van der Waals surface area contributed by atoms with Crippen LogP contribution in [0.3, 0.4) is 0 Å². The van der Waals surface area contributed by atoms with E-state index in [1.807, 2.05) is 6.07 Å². The number of hydrogen-bond donors (Lipinski definition) is 2. The number of benzene rings is 2. The number of nitrogens with one attached hydrogen (secondary N) is 1. The summed E-state index contributed by atoms with van der Waals surface area (Å²) in [7, 11) is -3.83. The topological polar surface area (TPSA) is 105 Å². The van der Waals surface area contributed by atoms with Crippen LogP contribution in [0.5, 0.6) is 5.75 Å². The predicted octanol–water partition coefficient (Wildman–Crippen LogP) is 3.68. The Morgan fingerprint density at radius 1 is 1.13 bits per heavy atom. The summed E-state index contributed by atoms with van der Waals surface area (Å²) in [6.45, 7) is 2.27. The zero-order valence-electron chi connectivity index (χ0n) is 21.9. The number of carbonyl (C=O) groups is 1. The Morgan fingerprint density at radius 3 is 2.82 bits per heavy atom. The van der Waals surface area contributed by atoms with Crippen LogP contribution in [0.1, 0.15) is 53.6 Å². The second kappa shape index (κ2) is 10.6. The lowest BCUT2D eigenvalue weighted by Crippen LogP contribution is -2.50. The predicted molar refractivity (Wildman–Crippen MR) is 149 cm³/mol. The van der Waals surface area contributed by atoms with Crippen molar-refractivity contribution in [3.63, 3.8) is 0 Å². The number of hydrogen-bond acceptors (Lipinski definition) is 7. The lowest BCUT2D eigenvalue weighted by Gasteiger charge is -2.45. The lowest BCUT2D eigenvalue weighted by atomic mass is 9.68. The van der Waals surface area contributed by atoms with Crippen LogP contribution < -0.4 is 14.4 Å². The maximum absolute atomic E-state index is 13.0. The number of halogens is 1. The highest BCUT2D eigenvalue weighted by Gasteiger charge is 2.44. The maximum atomic E-state index is 13.0. The number of nitrogens with zero attached hydrogens (tertiary/aromatic N) is 1. The van der Waals surface area contributed by atoms with Crippen LogP contribution in [0.15, 0.2) is 36.4 Å². The van der Waals surface area contributed by atoms with Gasteiger partial charge < -0.3 is 19.5 Å². The molecule has 210 valence electrons. The minimum atomic E-state index is -3.83. The highest BCUT2D eigenvalue weighted by Crippen LogP contribution is 2.46. The smallest absolute Gasteiger partial charge is 0.264 e. The molecule has 2 aliphatic carbocycles. The number of amides is 1. The molecule has 2 bridgehead atoms. The van der Waals surface area contributed by atoms with E-state index in [0.29, 0.717) is 25.4 Å². The van der Waals surface area contributed by atoms with E-state index in [9.17, 15) is 18.3 Å². The molecule has 39 heavy (non-hydrogen) atoms. The summed E-state index contributed by atoms with van der Waals surface area (Å²) >= 11 is 6.36. The Bertz CT molecular complexity index is 1370. The summed E-state index contributed by atoms with van der Waals surface area (Å²) in [6.07, 6.45) is 4.52. The van der Waals surface area contributed by atoms with Crippen LogP contribution in [0.2, 0.25) is 5.02 Å². The molecule has 2 N–H and O–H groups in total. The van der Waals surface area contributed by atoms with Crippen LogP contribution in [-0.4, -0.2) is 64.2 Å². The van der Waals surface area contributed by atoms with E-state index in [4.69, 9.17) is 21.1 Å². The Kier molecular flexibility index (Phi) is 7.29. The van der Waals surface area contributed by atoms with Crippen molar-refractivity contribution in [2.24, 2.45) is 11.8 Å². The number of rotatable bonds is 0. The highest BCUT2D eigenvalue weighted by atomic mass is 35.5. The third-order valence-electron chi connectivity index (χ3n) is 8.96. The Labute approximate surface area is 234 Å². The largest absolute Gasteiger partial charge is 0.490 e. The van der Waals surface area contributed by atoms with Crippen molar-refractivity contribution in [1.29, 1.82) is 0 Å². The van der Waals surface area contributed by atoms with Gasteiger partial charge in [-0.3, -0.25) is 4.79 Å².